The molecule has 4 aromatic rings. The Morgan fingerprint density at radius 2 is 1.27 bits per heavy atom. The smallest absolute Gasteiger partial charge is 0.219 e. The first-order chi connectivity index (χ1) is 21.5. The van der Waals surface area contributed by atoms with Gasteiger partial charge in [0.1, 0.15) is 0 Å². The molecule has 0 aliphatic carbocycles. The highest BCUT2D eigenvalue weighted by Crippen LogP contribution is 2.43. The number of carbonyl (C=O) groups is 1. The molecular formula is C36H45F2NO2S3. The minimum atomic E-state index is -0.950. The number of hydrogen-bond acceptors (Lipinski definition) is 5. The van der Waals surface area contributed by atoms with Crippen molar-refractivity contribution in [2.45, 2.75) is 97.3 Å². The molecule has 8 heteroatoms. The number of carbonyl (C=O) groups excluding carboxylic acids is 1. The lowest BCUT2D eigenvalue weighted by atomic mass is 10.1. The standard InChI is InChI=1S/C36H45F2NO2S3/c1-3-5-7-10-14-26-16-19-30(42-26)31-22-23-33(44-31)32-21-20-29(43-32)27-17-18-28(36(38)35(27)37)41-25-13-9-12-24-39-34(40)15-11-8-6-4-2/h16-23H,3-15,24-25H2,1-2H3,(H,39,40). The van der Waals surface area contributed by atoms with Gasteiger partial charge < -0.3 is 10.1 Å². The maximum atomic E-state index is 15.1. The van der Waals surface area contributed by atoms with Crippen LogP contribution in [0, 0.1) is 11.6 Å². The van der Waals surface area contributed by atoms with Crippen LogP contribution >= 0.6 is 34.0 Å². The first-order valence-corrected chi connectivity index (χ1v) is 18.6. The van der Waals surface area contributed by atoms with Crippen molar-refractivity contribution in [3.05, 3.63) is 65.0 Å². The van der Waals surface area contributed by atoms with Gasteiger partial charge in [-0.05, 0) is 87.1 Å². The van der Waals surface area contributed by atoms with E-state index in [1.165, 1.54) is 64.1 Å². The molecule has 238 valence electrons. The van der Waals surface area contributed by atoms with Crippen molar-refractivity contribution >= 4 is 39.9 Å². The summed E-state index contributed by atoms with van der Waals surface area (Å²) in [4.78, 5) is 18.7. The Morgan fingerprint density at radius 1 is 0.659 bits per heavy atom. The molecule has 4 rings (SSSR count). The second-order valence-corrected chi connectivity index (χ2v) is 14.5. The van der Waals surface area contributed by atoms with Gasteiger partial charge in [0.2, 0.25) is 11.7 Å². The van der Waals surface area contributed by atoms with Gasteiger partial charge in [0, 0.05) is 47.8 Å². The zero-order chi connectivity index (χ0) is 31.1. The lowest BCUT2D eigenvalue weighted by molar-refractivity contribution is -0.121. The van der Waals surface area contributed by atoms with Gasteiger partial charge in [-0.25, -0.2) is 4.39 Å². The maximum Gasteiger partial charge on any atom is 0.219 e. The Morgan fingerprint density at radius 3 is 2.00 bits per heavy atom. The number of ether oxygens (including phenoxy) is 1. The second-order valence-electron chi connectivity index (χ2n) is 11.2. The lowest BCUT2D eigenvalue weighted by Gasteiger charge is -2.10. The van der Waals surface area contributed by atoms with Crippen LogP contribution in [-0.4, -0.2) is 19.1 Å². The van der Waals surface area contributed by atoms with Gasteiger partial charge >= 0.3 is 0 Å². The highest BCUT2D eigenvalue weighted by atomic mass is 32.1. The molecule has 0 unspecified atom stereocenters. The van der Waals surface area contributed by atoms with Gasteiger partial charge in [0.15, 0.2) is 11.6 Å². The van der Waals surface area contributed by atoms with E-state index in [2.05, 4.69) is 43.4 Å². The molecule has 0 saturated heterocycles. The molecule has 1 amide bonds. The Hall–Kier alpha value is -2.55. The Bertz CT molecular complexity index is 1440. The number of nitrogens with one attached hydrogen (secondary N) is 1. The van der Waals surface area contributed by atoms with Gasteiger partial charge in [0.05, 0.1) is 6.61 Å². The minimum absolute atomic E-state index is 0.0630. The van der Waals surface area contributed by atoms with E-state index in [-0.39, 0.29) is 17.2 Å². The molecule has 3 nitrogen and oxygen atoms in total. The molecule has 0 spiro atoms. The summed E-state index contributed by atoms with van der Waals surface area (Å²) in [5.74, 6) is -1.79. The molecule has 0 aliphatic rings. The topological polar surface area (TPSA) is 38.3 Å². The monoisotopic (exact) mass is 657 g/mol. The summed E-state index contributed by atoms with van der Waals surface area (Å²) in [5.41, 5.74) is 0.249. The van der Waals surface area contributed by atoms with Crippen molar-refractivity contribution in [1.29, 1.82) is 0 Å². The summed E-state index contributed by atoms with van der Waals surface area (Å²) < 4.78 is 35.6. The zero-order valence-corrected chi connectivity index (χ0v) is 28.5. The first kappa shape index (κ1) is 34.3. The lowest BCUT2D eigenvalue weighted by Crippen LogP contribution is -2.24. The molecular weight excluding hydrogens is 613 g/mol. The third-order valence-electron chi connectivity index (χ3n) is 7.61. The van der Waals surface area contributed by atoms with Crippen LogP contribution in [0.5, 0.6) is 5.75 Å². The third kappa shape index (κ3) is 10.2. The Kier molecular flexibility index (Phi) is 14.4. The molecule has 3 aromatic heterocycles. The third-order valence-corrected chi connectivity index (χ3v) is 11.3. The van der Waals surface area contributed by atoms with Crippen molar-refractivity contribution < 1.29 is 18.3 Å². The van der Waals surface area contributed by atoms with E-state index in [1.807, 2.05) is 23.5 Å². The van der Waals surface area contributed by atoms with Crippen LogP contribution in [0.2, 0.25) is 0 Å². The van der Waals surface area contributed by atoms with Crippen LogP contribution in [0.4, 0.5) is 8.78 Å². The predicted octanol–water partition coefficient (Wildman–Crippen LogP) is 11.9. The van der Waals surface area contributed by atoms with Crippen molar-refractivity contribution in [2.75, 3.05) is 13.2 Å². The van der Waals surface area contributed by atoms with E-state index < -0.39 is 11.6 Å². The normalized spacial score (nSPS) is 11.3. The van der Waals surface area contributed by atoms with E-state index in [9.17, 15) is 9.18 Å². The number of benzene rings is 1. The van der Waals surface area contributed by atoms with E-state index in [4.69, 9.17) is 4.74 Å². The van der Waals surface area contributed by atoms with Crippen LogP contribution in [0.25, 0.3) is 29.9 Å². The van der Waals surface area contributed by atoms with Crippen LogP contribution in [0.3, 0.4) is 0 Å². The Labute approximate surface area is 273 Å². The molecule has 0 atom stereocenters. The predicted molar refractivity (Wildman–Crippen MR) is 185 cm³/mol. The van der Waals surface area contributed by atoms with Crippen LogP contribution in [-0.2, 0) is 11.2 Å². The number of thiophene rings is 3. The molecule has 1 aromatic carbocycles. The molecule has 0 fully saturated rings. The largest absolute Gasteiger partial charge is 0.490 e. The summed E-state index contributed by atoms with van der Waals surface area (Å²) in [6.07, 6.45) is 13.6. The van der Waals surface area contributed by atoms with E-state index in [0.717, 1.165) is 48.3 Å². The van der Waals surface area contributed by atoms with Crippen LogP contribution in [0.15, 0.2) is 48.5 Å². The van der Waals surface area contributed by atoms with E-state index in [1.54, 1.807) is 17.4 Å². The van der Waals surface area contributed by atoms with Gasteiger partial charge in [-0.2, -0.15) is 4.39 Å². The van der Waals surface area contributed by atoms with Gasteiger partial charge in [-0.3, -0.25) is 4.79 Å². The zero-order valence-electron chi connectivity index (χ0n) is 26.0. The van der Waals surface area contributed by atoms with Crippen molar-refractivity contribution in [3.8, 4) is 35.7 Å². The van der Waals surface area contributed by atoms with Crippen molar-refractivity contribution in [2.24, 2.45) is 0 Å². The molecule has 0 aliphatic heterocycles. The first-order valence-electron chi connectivity index (χ1n) is 16.2. The Balaban J connectivity index is 1.24. The summed E-state index contributed by atoms with van der Waals surface area (Å²) in [7, 11) is 0. The van der Waals surface area contributed by atoms with Crippen molar-refractivity contribution in [3.63, 3.8) is 0 Å². The minimum Gasteiger partial charge on any atom is -0.490 e. The quantitative estimate of drug-likeness (QED) is 0.0961. The van der Waals surface area contributed by atoms with Gasteiger partial charge in [-0.15, -0.1) is 34.0 Å². The molecule has 0 radical (unpaired) electrons. The average Bonchev–Trinajstić information content (AvgIpc) is 3.80. The summed E-state index contributed by atoms with van der Waals surface area (Å²) in [6, 6.07) is 15.7. The fourth-order valence-corrected chi connectivity index (χ4v) is 8.30. The van der Waals surface area contributed by atoms with Crippen LogP contribution < -0.4 is 10.1 Å². The average molecular weight is 658 g/mol. The van der Waals surface area contributed by atoms with E-state index >= 15 is 4.39 Å². The van der Waals surface area contributed by atoms with Gasteiger partial charge in [-0.1, -0.05) is 52.4 Å². The number of rotatable bonds is 20. The fraction of sp³-hybridized carbons (Fsp3) is 0.472. The summed E-state index contributed by atoms with van der Waals surface area (Å²) >= 11 is 5.08. The fourth-order valence-electron chi connectivity index (χ4n) is 5.04. The highest BCUT2D eigenvalue weighted by molar-refractivity contribution is 7.27. The van der Waals surface area contributed by atoms with Crippen molar-refractivity contribution in [1.82, 2.24) is 5.32 Å². The number of unbranched alkanes of at least 4 members (excludes halogenated alkanes) is 8. The number of amides is 1. The SMILES string of the molecule is CCCCCCC(=O)NCCCCCOc1ccc(-c2ccc(-c3ccc(-c4ccc(CCCCCC)s4)s3)s2)c(F)c1F. The molecule has 0 bridgehead atoms. The summed E-state index contributed by atoms with van der Waals surface area (Å²) in [5, 5.41) is 2.95. The number of halogens is 2. The van der Waals surface area contributed by atoms with Gasteiger partial charge in [0.25, 0.3) is 0 Å². The summed E-state index contributed by atoms with van der Waals surface area (Å²) in [6.45, 7) is 5.32. The highest BCUT2D eigenvalue weighted by Gasteiger charge is 2.18. The molecule has 0 saturated carbocycles. The number of hydrogen-bond donors (Lipinski definition) is 1. The van der Waals surface area contributed by atoms with E-state index in [0.29, 0.717) is 30.9 Å². The maximum absolute atomic E-state index is 15.1. The molecule has 44 heavy (non-hydrogen) atoms. The number of aryl methyl sites for hydroxylation is 1. The molecule has 3 heterocycles. The second kappa shape index (κ2) is 18.4. The van der Waals surface area contributed by atoms with Crippen LogP contribution in [0.1, 0.15) is 95.8 Å². The molecule has 1 N–H and O–H groups in total.